The number of piperidine rings is 1. The van der Waals surface area contributed by atoms with Gasteiger partial charge in [0.05, 0.1) is 5.69 Å². The van der Waals surface area contributed by atoms with Crippen LogP contribution in [-0.4, -0.2) is 19.1 Å². The monoisotopic (exact) mass is 271 g/mol. The fourth-order valence-corrected chi connectivity index (χ4v) is 2.27. The van der Waals surface area contributed by atoms with Gasteiger partial charge in [0.1, 0.15) is 0 Å². The molecule has 0 spiro atoms. The first-order valence-electron chi connectivity index (χ1n) is 7.02. The minimum Gasteiger partial charge on any atom is -0.351 e. The van der Waals surface area contributed by atoms with Crippen molar-refractivity contribution in [2.45, 2.75) is 19.3 Å². The maximum Gasteiger partial charge on any atom is 0.316 e. The quantitative estimate of drug-likeness (QED) is 0.746. The third kappa shape index (κ3) is 4.24. The van der Waals surface area contributed by atoms with E-state index in [-0.39, 0.29) is 0 Å². The summed E-state index contributed by atoms with van der Waals surface area (Å²) < 4.78 is 0. The van der Waals surface area contributed by atoms with Crippen molar-refractivity contribution < 1.29 is 4.79 Å². The van der Waals surface area contributed by atoms with E-state index in [1.807, 2.05) is 42.5 Å². The molecule has 0 aliphatic carbocycles. The lowest BCUT2D eigenvalue weighted by Gasteiger charge is -2.08. The van der Waals surface area contributed by atoms with Crippen LogP contribution in [0, 0.1) is 0 Å². The summed E-state index contributed by atoms with van der Waals surface area (Å²) in [5.41, 5.74) is 5.81. The van der Waals surface area contributed by atoms with Crippen LogP contribution in [0.5, 0.6) is 0 Å². The number of benzene rings is 2. The molecule has 3 rings (SSSR count). The van der Waals surface area contributed by atoms with Crippen molar-refractivity contribution in [3.8, 4) is 0 Å². The molecule has 2 aromatic carbocycles. The Balaban J connectivity index is 0.000000205. The van der Waals surface area contributed by atoms with Crippen LogP contribution in [0.4, 0.5) is 10.5 Å². The highest BCUT2D eigenvalue weighted by atomic mass is 16.2. The van der Waals surface area contributed by atoms with Gasteiger partial charge in [0.2, 0.25) is 0 Å². The molecule has 2 aromatic rings. The van der Waals surface area contributed by atoms with Gasteiger partial charge >= 0.3 is 6.03 Å². The Kier molecular flexibility index (Phi) is 5.38. The van der Waals surface area contributed by atoms with Crippen LogP contribution in [0.15, 0.2) is 42.5 Å². The minimum absolute atomic E-state index is 0.540. The molecule has 0 atom stereocenters. The van der Waals surface area contributed by atoms with E-state index in [1.54, 1.807) is 0 Å². The van der Waals surface area contributed by atoms with E-state index in [0.717, 1.165) is 16.5 Å². The van der Waals surface area contributed by atoms with Crippen molar-refractivity contribution in [1.82, 2.24) is 5.32 Å². The Morgan fingerprint density at radius 3 is 2.30 bits per heavy atom. The molecule has 0 aromatic heterocycles. The van der Waals surface area contributed by atoms with Crippen LogP contribution < -0.4 is 16.4 Å². The van der Waals surface area contributed by atoms with Crippen molar-refractivity contribution in [1.29, 1.82) is 0 Å². The Morgan fingerprint density at radius 1 is 1.00 bits per heavy atom. The third-order valence-electron chi connectivity index (χ3n) is 3.25. The van der Waals surface area contributed by atoms with Crippen LogP contribution in [0.3, 0.4) is 0 Å². The molecule has 1 aliphatic rings. The first-order valence-corrected chi connectivity index (χ1v) is 7.02. The highest BCUT2D eigenvalue weighted by Gasteiger charge is 2.00. The van der Waals surface area contributed by atoms with Crippen molar-refractivity contribution in [2.75, 3.05) is 18.4 Å². The lowest BCUT2D eigenvalue weighted by atomic mass is 10.1. The van der Waals surface area contributed by atoms with Gasteiger partial charge in [0.25, 0.3) is 0 Å². The van der Waals surface area contributed by atoms with Gasteiger partial charge in [0, 0.05) is 5.39 Å². The molecule has 2 amide bonds. The molecule has 106 valence electrons. The predicted molar refractivity (Wildman–Crippen MR) is 83.9 cm³/mol. The van der Waals surface area contributed by atoms with E-state index >= 15 is 0 Å². The molecule has 1 fully saturated rings. The number of primary amides is 1. The summed E-state index contributed by atoms with van der Waals surface area (Å²) in [6.07, 6.45) is 4.22. The number of hydrogen-bond acceptors (Lipinski definition) is 2. The van der Waals surface area contributed by atoms with E-state index in [4.69, 9.17) is 5.73 Å². The van der Waals surface area contributed by atoms with Crippen LogP contribution >= 0.6 is 0 Å². The van der Waals surface area contributed by atoms with Crippen molar-refractivity contribution in [2.24, 2.45) is 5.73 Å². The summed E-state index contributed by atoms with van der Waals surface area (Å²) in [7, 11) is 0. The van der Waals surface area contributed by atoms with Gasteiger partial charge in [-0.15, -0.1) is 0 Å². The first kappa shape index (κ1) is 14.3. The third-order valence-corrected chi connectivity index (χ3v) is 3.25. The summed E-state index contributed by atoms with van der Waals surface area (Å²) >= 11 is 0. The van der Waals surface area contributed by atoms with Gasteiger partial charge in [-0.25, -0.2) is 4.79 Å². The molecule has 4 nitrogen and oxygen atoms in total. The summed E-state index contributed by atoms with van der Waals surface area (Å²) in [5.74, 6) is 0. The number of hydrogen-bond donors (Lipinski definition) is 3. The summed E-state index contributed by atoms with van der Waals surface area (Å²) in [6, 6.07) is 13.0. The van der Waals surface area contributed by atoms with E-state index in [1.165, 1.54) is 32.4 Å². The SMILES string of the molecule is C1CCNCC1.NC(=O)Nc1cccc2ccccc12. The van der Waals surface area contributed by atoms with Gasteiger partial charge in [-0.05, 0) is 37.4 Å². The highest BCUT2D eigenvalue weighted by Crippen LogP contribution is 2.22. The smallest absolute Gasteiger partial charge is 0.316 e. The van der Waals surface area contributed by atoms with Gasteiger partial charge in [0.15, 0.2) is 0 Å². The van der Waals surface area contributed by atoms with E-state index in [9.17, 15) is 4.79 Å². The lowest BCUT2D eigenvalue weighted by Crippen LogP contribution is -2.21. The largest absolute Gasteiger partial charge is 0.351 e. The molecule has 0 radical (unpaired) electrons. The average Bonchev–Trinajstić information content (AvgIpc) is 2.50. The number of carbonyl (C=O) groups excluding carboxylic acids is 1. The van der Waals surface area contributed by atoms with Gasteiger partial charge in [-0.2, -0.15) is 0 Å². The lowest BCUT2D eigenvalue weighted by molar-refractivity contribution is 0.259. The predicted octanol–water partition coefficient (Wildman–Crippen LogP) is 3.09. The molecular formula is C16H21N3O. The van der Waals surface area contributed by atoms with Crippen LogP contribution in [-0.2, 0) is 0 Å². The highest BCUT2D eigenvalue weighted by molar-refractivity contribution is 6.00. The zero-order chi connectivity index (χ0) is 14.2. The molecule has 4 heteroatoms. The molecular weight excluding hydrogens is 250 g/mol. The van der Waals surface area contributed by atoms with Crippen LogP contribution in [0.25, 0.3) is 10.8 Å². The molecule has 1 heterocycles. The molecule has 4 N–H and O–H groups in total. The molecule has 0 unspecified atom stereocenters. The number of urea groups is 1. The molecule has 0 bridgehead atoms. The number of carbonyl (C=O) groups is 1. The average molecular weight is 271 g/mol. The van der Waals surface area contributed by atoms with Crippen LogP contribution in [0.1, 0.15) is 19.3 Å². The fraction of sp³-hybridized carbons (Fsp3) is 0.312. The van der Waals surface area contributed by atoms with E-state index in [0.29, 0.717) is 0 Å². The minimum atomic E-state index is -0.540. The van der Waals surface area contributed by atoms with Crippen molar-refractivity contribution in [3.05, 3.63) is 42.5 Å². The second-order valence-electron chi connectivity index (χ2n) is 4.83. The Labute approximate surface area is 119 Å². The molecule has 1 aliphatic heterocycles. The van der Waals surface area contributed by atoms with Gasteiger partial charge in [-0.3, -0.25) is 0 Å². The maximum atomic E-state index is 10.7. The molecule has 1 saturated heterocycles. The van der Waals surface area contributed by atoms with Gasteiger partial charge < -0.3 is 16.4 Å². The standard InChI is InChI=1S/C11H10N2O.C5H11N/c12-11(14)13-10-7-3-5-8-4-1-2-6-9(8)10;1-2-4-6-5-3-1/h1-7H,(H3,12,13,14);6H,1-5H2. The van der Waals surface area contributed by atoms with E-state index < -0.39 is 6.03 Å². The van der Waals surface area contributed by atoms with Crippen molar-refractivity contribution >= 4 is 22.5 Å². The fourth-order valence-electron chi connectivity index (χ4n) is 2.27. The second kappa shape index (κ2) is 7.50. The Hall–Kier alpha value is -2.07. The van der Waals surface area contributed by atoms with Crippen molar-refractivity contribution in [3.63, 3.8) is 0 Å². The Morgan fingerprint density at radius 2 is 1.70 bits per heavy atom. The Bertz CT molecular complexity index is 548. The summed E-state index contributed by atoms with van der Waals surface area (Å²) in [6.45, 7) is 2.50. The number of fused-ring (bicyclic) bond motifs is 1. The molecule has 0 saturated carbocycles. The second-order valence-corrected chi connectivity index (χ2v) is 4.83. The van der Waals surface area contributed by atoms with Gasteiger partial charge in [-0.1, -0.05) is 42.8 Å². The number of nitrogens with one attached hydrogen (secondary N) is 2. The molecule has 20 heavy (non-hydrogen) atoms. The maximum absolute atomic E-state index is 10.7. The van der Waals surface area contributed by atoms with Crippen LogP contribution in [0.2, 0.25) is 0 Å². The summed E-state index contributed by atoms with van der Waals surface area (Å²) in [4.78, 5) is 10.7. The zero-order valence-electron chi connectivity index (χ0n) is 11.6. The normalized spacial score (nSPS) is 14.2. The number of amides is 2. The number of rotatable bonds is 1. The summed E-state index contributed by atoms with van der Waals surface area (Å²) in [5, 5.41) is 7.95. The number of anilines is 1. The first-order chi connectivity index (χ1) is 9.77. The topological polar surface area (TPSA) is 67.1 Å². The zero-order valence-corrected chi connectivity index (χ0v) is 11.6. The van der Waals surface area contributed by atoms with E-state index in [2.05, 4.69) is 10.6 Å². The number of nitrogens with two attached hydrogens (primary N) is 1.